The first kappa shape index (κ1) is 15.8. The predicted molar refractivity (Wildman–Crippen MR) is 102 cm³/mol. The van der Waals surface area contributed by atoms with Crippen LogP contribution in [-0.4, -0.2) is 13.0 Å². The van der Waals surface area contributed by atoms with Gasteiger partial charge in [0.15, 0.2) is 11.5 Å². The number of nitrogens with zero attached hydrogens (tertiary/aromatic N) is 1. The van der Waals surface area contributed by atoms with E-state index in [9.17, 15) is 0 Å². The second-order valence-corrected chi connectivity index (χ2v) is 6.69. The van der Waals surface area contributed by atoms with Crippen molar-refractivity contribution in [3.05, 3.63) is 83.9 Å². The zero-order valence-electron chi connectivity index (χ0n) is 13.6. The molecule has 0 fully saturated rings. The smallest absolute Gasteiger partial charge is 0.231 e. The second kappa shape index (κ2) is 7.45. The van der Waals surface area contributed by atoms with Crippen LogP contribution in [0.4, 0.5) is 5.69 Å². The van der Waals surface area contributed by atoms with Crippen molar-refractivity contribution in [2.24, 2.45) is 4.99 Å². The molecule has 0 bridgehead atoms. The molecule has 1 aliphatic rings. The molecule has 0 aromatic heterocycles. The van der Waals surface area contributed by atoms with Crippen LogP contribution in [-0.2, 0) is 5.75 Å². The van der Waals surface area contributed by atoms with E-state index in [-0.39, 0.29) is 0 Å². The van der Waals surface area contributed by atoms with Crippen molar-refractivity contribution in [3.63, 3.8) is 0 Å². The SMILES string of the molecule is C(=Nc1ccc(CSc2ccccc2)cc1)c1ccc2c(c1)OCO2. The lowest BCUT2D eigenvalue weighted by molar-refractivity contribution is 0.174. The number of ether oxygens (including phenoxy) is 2. The van der Waals surface area contributed by atoms with Crippen molar-refractivity contribution >= 4 is 23.7 Å². The number of fused-ring (bicyclic) bond motifs is 1. The van der Waals surface area contributed by atoms with Crippen LogP contribution in [0.15, 0.2) is 82.7 Å². The van der Waals surface area contributed by atoms with Gasteiger partial charge in [0.05, 0.1) is 5.69 Å². The van der Waals surface area contributed by atoms with Gasteiger partial charge in [-0.15, -0.1) is 11.8 Å². The topological polar surface area (TPSA) is 30.8 Å². The van der Waals surface area contributed by atoms with Crippen molar-refractivity contribution in [1.82, 2.24) is 0 Å². The fraction of sp³-hybridized carbons (Fsp3) is 0.0952. The van der Waals surface area contributed by atoms with Crippen molar-refractivity contribution in [2.75, 3.05) is 6.79 Å². The maximum atomic E-state index is 5.38. The van der Waals surface area contributed by atoms with Gasteiger partial charge in [-0.3, -0.25) is 4.99 Å². The molecular formula is C21H17NO2S. The van der Waals surface area contributed by atoms with E-state index in [1.807, 2.05) is 54.4 Å². The van der Waals surface area contributed by atoms with E-state index in [1.54, 1.807) is 0 Å². The molecule has 0 N–H and O–H groups in total. The Morgan fingerprint density at radius 1 is 0.880 bits per heavy atom. The zero-order valence-corrected chi connectivity index (χ0v) is 14.4. The molecule has 3 nitrogen and oxygen atoms in total. The lowest BCUT2D eigenvalue weighted by Gasteiger charge is -2.02. The van der Waals surface area contributed by atoms with Gasteiger partial charge in [-0.2, -0.15) is 0 Å². The number of hydrogen-bond donors (Lipinski definition) is 0. The highest BCUT2D eigenvalue weighted by Crippen LogP contribution is 2.32. The van der Waals surface area contributed by atoms with Gasteiger partial charge in [-0.25, -0.2) is 0 Å². The lowest BCUT2D eigenvalue weighted by atomic mass is 10.2. The lowest BCUT2D eigenvalue weighted by Crippen LogP contribution is -1.92. The average molecular weight is 347 g/mol. The number of hydrogen-bond acceptors (Lipinski definition) is 4. The first-order chi connectivity index (χ1) is 12.4. The largest absolute Gasteiger partial charge is 0.454 e. The van der Waals surface area contributed by atoms with E-state index in [4.69, 9.17) is 9.47 Å². The van der Waals surface area contributed by atoms with E-state index in [0.29, 0.717) is 6.79 Å². The quantitative estimate of drug-likeness (QED) is 0.454. The van der Waals surface area contributed by atoms with Gasteiger partial charge in [0.1, 0.15) is 0 Å². The van der Waals surface area contributed by atoms with Crippen LogP contribution in [0.25, 0.3) is 0 Å². The van der Waals surface area contributed by atoms with Crippen LogP contribution in [0.2, 0.25) is 0 Å². The first-order valence-corrected chi connectivity index (χ1v) is 9.06. The summed E-state index contributed by atoms with van der Waals surface area (Å²) in [7, 11) is 0. The highest BCUT2D eigenvalue weighted by Gasteiger charge is 2.12. The second-order valence-electron chi connectivity index (χ2n) is 5.64. The van der Waals surface area contributed by atoms with Gasteiger partial charge < -0.3 is 9.47 Å². The van der Waals surface area contributed by atoms with Crippen LogP contribution in [0.1, 0.15) is 11.1 Å². The van der Waals surface area contributed by atoms with Gasteiger partial charge in [-0.05, 0) is 53.6 Å². The molecule has 0 spiro atoms. The highest BCUT2D eigenvalue weighted by molar-refractivity contribution is 7.98. The van der Waals surface area contributed by atoms with Gasteiger partial charge in [0, 0.05) is 16.9 Å². The number of thioether (sulfide) groups is 1. The summed E-state index contributed by atoms with van der Waals surface area (Å²) < 4.78 is 10.7. The summed E-state index contributed by atoms with van der Waals surface area (Å²) in [6.45, 7) is 0.290. The molecule has 3 aromatic rings. The van der Waals surface area contributed by atoms with Crippen molar-refractivity contribution in [2.45, 2.75) is 10.6 Å². The molecule has 1 heterocycles. The standard InChI is InChI=1S/C21H17NO2S/c1-2-4-19(5-3-1)25-14-16-6-9-18(10-7-16)22-13-17-8-11-20-21(12-17)24-15-23-20/h1-13H,14-15H2. The average Bonchev–Trinajstić information content (AvgIpc) is 3.14. The summed E-state index contributed by atoms with van der Waals surface area (Å²) in [4.78, 5) is 5.82. The Kier molecular flexibility index (Phi) is 4.70. The minimum absolute atomic E-state index is 0.290. The summed E-state index contributed by atoms with van der Waals surface area (Å²) in [6.07, 6.45) is 1.84. The molecule has 0 atom stereocenters. The van der Waals surface area contributed by atoms with E-state index in [1.165, 1.54) is 10.5 Å². The summed E-state index contributed by atoms with van der Waals surface area (Å²) >= 11 is 1.84. The Bertz CT molecular complexity index is 876. The summed E-state index contributed by atoms with van der Waals surface area (Å²) in [5, 5.41) is 0. The highest BCUT2D eigenvalue weighted by atomic mass is 32.2. The predicted octanol–water partition coefficient (Wildman–Crippen LogP) is 5.46. The van der Waals surface area contributed by atoms with Gasteiger partial charge >= 0.3 is 0 Å². The van der Waals surface area contributed by atoms with Gasteiger partial charge in [0.25, 0.3) is 0 Å². The monoisotopic (exact) mass is 347 g/mol. The van der Waals surface area contributed by atoms with Gasteiger partial charge in [0.2, 0.25) is 6.79 Å². The molecule has 0 amide bonds. The molecule has 0 aliphatic carbocycles. The van der Waals surface area contributed by atoms with Crippen LogP contribution in [0, 0.1) is 0 Å². The van der Waals surface area contributed by atoms with Gasteiger partial charge in [-0.1, -0.05) is 30.3 Å². The molecule has 4 rings (SSSR count). The minimum atomic E-state index is 0.290. The Labute approximate surface area is 151 Å². The summed E-state index contributed by atoms with van der Waals surface area (Å²) in [5.74, 6) is 2.52. The van der Waals surface area contributed by atoms with Crippen molar-refractivity contribution in [3.8, 4) is 11.5 Å². The molecule has 124 valence electrons. The third-order valence-corrected chi connectivity index (χ3v) is 4.93. The number of benzene rings is 3. The molecular weight excluding hydrogens is 330 g/mol. The minimum Gasteiger partial charge on any atom is -0.454 e. The zero-order chi connectivity index (χ0) is 16.9. The molecule has 0 saturated carbocycles. The molecule has 3 aromatic carbocycles. The Balaban J connectivity index is 1.38. The Morgan fingerprint density at radius 2 is 1.68 bits per heavy atom. The molecule has 1 aliphatic heterocycles. The third kappa shape index (κ3) is 4.03. The number of aliphatic imine (C=N–C) groups is 1. The van der Waals surface area contributed by atoms with Crippen LogP contribution >= 0.6 is 11.8 Å². The van der Waals surface area contributed by atoms with Crippen LogP contribution in [0.5, 0.6) is 11.5 Å². The molecule has 0 radical (unpaired) electrons. The maximum absolute atomic E-state index is 5.38. The van der Waals surface area contributed by atoms with Crippen molar-refractivity contribution in [1.29, 1.82) is 0 Å². The first-order valence-electron chi connectivity index (χ1n) is 8.07. The molecule has 25 heavy (non-hydrogen) atoms. The Hall–Kier alpha value is -2.72. The number of rotatable bonds is 5. The summed E-state index contributed by atoms with van der Waals surface area (Å²) in [6, 6.07) is 24.6. The van der Waals surface area contributed by atoms with E-state index in [0.717, 1.165) is 28.5 Å². The fourth-order valence-corrected chi connectivity index (χ4v) is 3.38. The van der Waals surface area contributed by atoms with Crippen LogP contribution in [0.3, 0.4) is 0 Å². The fourth-order valence-electron chi connectivity index (χ4n) is 2.50. The van der Waals surface area contributed by atoms with E-state index in [2.05, 4.69) is 41.4 Å². The molecule has 0 saturated heterocycles. The van der Waals surface area contributed by atoms with E-state index < -0.39 is 0 Å². The molecule has 4 heteroatoms. The Morgan fingerprint density at radius 3 is 2.52 bits per heavy atom. The normalized spacial score (nSPS) is 12.6. The summed E-state index contributed by atoms with van der Waals surface area (Å²) in [5.41, 5.74) is 3.22. The third-order valence-electron chi connectivity index (χ3n) is 3.84. The molecule has 0 unspecified atom stereocenters. The van der Waals surface area contributed by atoms with E-state index >= 15 is 0 Å². The van der Waals surface area contributed by atoms with Crippen molar-refractivity contribution < 1.29 is 9.47 Å². The maximum Gasteiger partial charge on any atom is 0.231 e. The van der Waals surface area contributed by atoms with Crippen LogP contribution < -0.4 is 9.47 Å².